The zero-order chi connectivity index (χ0) is 18.0. The van der Waals surface area contributed by atoms with E-state index >= 15 is 0 Å². The summed E-state index contributed by atoms with van der Waals surface area (Å²) in [6.45, 7) is 4.06. The molecule has 1 atom stereocenters. The summed E-state index contributed by atoms with van der Waals surface area (Å²) in [6.07, 6.45) is 7.27. The zero-order valence-electron chi connectivity index (χ0n) is 15.1. The van der Waals surface area contributed by atoms with Crippen molar-refractivity contribution in [3.05, 3.63) is 33.2 Å². The molecule has 6 nitrogen and oxygen atoms in total. The fraction of sp³-hybridized carbons (Fsp3) is 0.632. The first-order chi connectivity index (χ1) is 12.0. The molecule has 1 aromatic rings. The normalized spacial score (nSPS) is 22.1. The van der Waals surface area contributed by atoms with Gasteiger partial charge >= 0.3 is 0 Å². The smallest absolute Gasteiger partial charge is 0.257 e. The molecule has 1 saturated heterocycles. The minimum Gasteiger partial charge on any atom is -0.362 e. The molecule has 1 aliphatic heterocycles. The van der Waals surface area contributed by atoms with E-state index in [0.29, 0.717) is 24.7 Å². The average molecular weight is 345 g/mol. The Morgan fingerprint density at radius 2 is 1.84 bits per heavy atom. The lowest BCUT2D eigenvalue weighted by atomic mass is 10.1. The molecule has 0 bridgehead atoms. The fourth-order valence-electron chi connectivity index (χ4n) is 4.14. The first-order valence-electron chi connectivity index (χ1n) is 9.26. The largest absolute Gasteiger partial charge is 0.362 e. The third kappa shape index (κ3) is 3.94. The van der Waals surface area contributed by atoms with Gasteiger partial charge in [-0.2, -0.15) is 0 Å². The topological polar surface area (TPSA) is 82.3 Å². The van der Waals surface area contributed by atoms with Crippen LogP contribution < -0.4 is 10.7 Å². The maximum atomic E-state index is 12.5. The van der Waals surface area contributed by atoms with Gasteiger partial charge in [-0.1, -0.05) is 25.7 Å². The predicted octanol–water partition coefficient (Wildman–Crippen LogP) is 2.05. The van der Waals surface area contributed by atoms with Crippen LogP contribution in [0.15, 0.2) is 10.9 Å². The highest BCUT2D eigenvalue weighted by molar-refractivity contribution is 5.96. The Morgan fingerprint density at radius 3 is 2.48 bits per heavy atom. The minimum absolute atomic E-state index is 0.117. The lowest BCUT2D eigenvalue weighted by Crippen LogP contribution is -2.41. The van der Waals surface area contributed by atoms with Crippen molar-refractivity contribution in [1.82, 2.24) is 15.2 Å². The van der Waals surface area contributed by atoms with Gasteiger partial charge in [0.2, 0.25) is 5.91 Å². The molecule has 2 fully saturated rings. The standard InChI is InChI=1S/C19H27N3O3/c1-12-9-16(23)18(13(2)20-12)19(25)21-14-10-17(24)22(11-14)15-7-5-3-4-6-8-15/h9,14-15H,3-8,10-11H2,1-2H3,(H,20,23)(H,21,25)/t14-/m1/s1. The van der Waals surface area contributed by atoms with E-state index in [1.54, 1.807) is 13.8 Å². The summed E-state index contributed by atoms with van der Waals surface area (Å²) in [6, 6.07) is 1.52. The molecule has 0 spiro atoms. The molecule has 2 heterocycles. The summed E-state index contributed by atoms with van der Waals surface area (Å²) in [7, 11) is 0. The van der Waals surface area contributed by atoms with Crippen molar-refractivity contribution in [2.24, 2.45) is 0 Å². The van der Waals surface area contributed by atoms with E-state index < -0.39 is 0 Å². The van der Waals surface area contributed by atoms with Gasteiger partial charge in [-0.15, -0.1) is 0 Å². The molecule has 0 aromatic carbocycles. The second-order valence-corrected chi connectivity index (χ2v) is 7.38. The molecule has 1 aliphatic carbocycles. The molecule has 2 aliphatic rings. The van der Waals surface area contributed by atoms with E-state index in [4.69, 9.17) is 0 Å². The highest BCUT2D eigenvalue weighted by Crippen LogP contribution is 2.25. The van der Waals surface area contributed by atoms with Gasteiger partial charge in [0.05, 0.1) is 6.04 Å². The number of hydrogen-bond donors (Lipinski definition) is 2. The summed E-state index contributed by atoms with van der Waals surface area (Å²) in [5.41, 5.74) is 1.16. The monoisotopic (exact) mass is 345 g/mol. The van der Waals surface area contributed by atoms with Crippen LogP contribution in [0.5, 0.6) is 0 Å². The van der Waals surface area contributed by atoms with Gasteiger partial charge in [0, 0.05) is 36.5 Å². The zero-order valence-corrected chi connectivity index (χ0v) is 15.1. The van der Waals surface area contributed by atoms with E-state index in [0.717, 1.165) is 18.5 Å². The number of nitrogens with one attached hydrogen (secondary N) is 2. The average Bonchev–Trinajstić information content (AvgIpc) is 2.73. The Hall–Kier alpha value is -2.11. The molecule has 25 heavy (non-hydrogen) atoms. The van der Waals surface area contributed by atoms with Crippen molar-refractivity contribution in [3.63, 3.8) is 0 Å². The van der Waals surface area contributed by atoms with Crippen molar-refractivity contribution in [2.45, 2.75) is 70.9 Å². The highest BCUT2D eigenvalue weighted by Gasteiger charge is 2.35. The van der Waals surface area contributed by atoms with Crippen molar-refractivity contribution in [1.29, 1.82) is 0 Å². The summed E-state index contributed by atoms with van der Waals surface area (Å²) >= 11 is 0. The number of carbonyl (C=O) groups is 2. The number of nitrogens with zero attached hydrogens (tertiary/aromatic N) is 1. The van der Waals surface area contributed by atoms with Crippen molar-refractivity contribution in [2.75, 3.05) is 6.54 Å². The lowest BCUT2D eigenvalue weighted by molar-refractivity contribution is -0.129. The van der Waals surface area contributed by atoms with E-state index in [1.807, 2.05) is 4.90 Å². The van der Waals surface area contributed by atoms with E-state index in [9.17, 15) is 14.4 Å². The number of amides is 2. The maximum Gasteiger partial charge on any atom is 0.257 e. The number of aromatic amines is 1. The molecule has 1 saturated carbocycles. The van der Waals surface area contributed by atoms with E-state index in [-0.39, 0.29) is 28.8 Å². The van der Waals surface area contributed by atoms with Crippen LogP contribution >= 0.6 is 0 Å². The summed E-state index contributed by atoms with van der Waals surface area (Å²) in [5, 5.41) is 2.89. The summed E-state index contributed by atoms with van der Waals surface area (Å²) < 4.78 is 0. The van der Waals surface area contributed by atoms with Crippen LogP contribution in [0.25, 0.3) is 0 Å². The van der Waals surface area contributed by atoms with Crippen LogP contribution in [0, 0.1) is 13.8 Å². The Bertz CT molecular complexity index is 717. The number of aromatic nitrogens is 1. The van der Waals surface area contributed by atoms with E-state index in [1.165, 1.54) is 31.7 Å². The van der Waals surface area contributed by atoms with Gasteiger partial charge in [0.1, 0.15) is 5.56 Å². The number of carbonyl (C=O) groups excluding carboxylic acids is 2. The molecule has 6 heteroatoms. The van der Waals surface area contributed by atoms with Crippen molar-refractivity contribution < 1.29 is 9.59 Å². The number of H-pyrrole nitrogens is 1. The fourth-order valence-corrected chi connectivity index (χ4v) is 4.14. The SMILES string of the molecule is Cc1cc(=O)c(C(=O)N[C@@H]2CC(=O)N(C3CCCCCC3)C2)c(C)[nH]1. The van der Waals surface area contributed by atoms with Crippen LogP contribution in [0.4, 0.5) is 0 Å². The Kier molecular flexibility index (Phi) is 5.25. The highest BCUT2D eigenvalue weighted by atomic mass is 16.2. The molecule has 0 unspecified atom stereocenters. The van der Waals surface area contributed by atoms with Gasteiger partial charge in [-0.3, -0.25) is 14.4 Å². The number of pyridine rings is 1. The lowest BCUT2D eigenvalue weighted by Gasteiger charge is -2.27. The molecule has 2 N–H and O–H groups in total. The van der Waals surface area contributed by atoms with Gasteiger partial charge in [-0.05, 0) is 26.7 Å². The Labute approximate surface area is 148 Å². The van der Waals surface area contributed by atoms with Crippen LogP contribution in [0.3, 0.4) is 0 Å². The molecular formula is C19H27N3O3. The number of rotatable bonds is 3. The van der Waals surface area contributed by atoms with Gasteiger partial charge in [0.25, 0.3) is 5.91 Å². The van der Waals surface area contributed by atoms with Crippen LogP contribution in [-0.4, -0.2) is 40.3 Å². The number of hydrogen-bond acceptors (Lipinski definition) is 3. The Balaban J connectivity index is 1.67. The van der Waals surface area contributed by atoms with Gasteiger partial charge < -0.3 is 15.2 Å². The molecule has 0 radical (unpaired) electrons. The third-order valence-electron chi connectivity index (χ3n) is 5.34. The third-order valence-corrected chi connectivity index (χ3v) is 5.34. The number of aryl methyl sites for hydroxylation is 2. The van der Waals surface area contributed by atoms with Crippen LogP contribution in [-0.2, 0) is 4.79 Å². The number of likely N-dealkylation sites (tertiary alicyclic amines) is 1. The van der Waals surface area contributed by atoms with Crippen molar-refractivity contribution in [3.8, 4) is 0 Å². The molecule has 1 aromatic heterocycles. The molecular weight excluding hydrogens is 318 g/mol. The second-order valence-electron chi connectivity index (χ2n) is 7.38. The van der Waals surface area contributed by atoms with Gasteiger partial charge in [-0.25, -0.2) is 0 Å². The Morgan fingerprint density at radius 1 is 1.16 bits per heavy atom. The van der Waals surface area contributed by atoms with Gasteiger partial charge in [0.15, 0.2) is 5.43 Å². The quantitative estimate of drug-likeness (QED) is 0.823. The first kappa shape index (κ1) is 17.7. The van der Waals surface area contributed by atoms with Crippen molar-refractivity contribution >= 4 is 11.8 Å². The van der Waals surface area contributed by atoms with Crippen LogP contribution in [0.1, 0.15) is 66.7 Å². The van der Waals surface area contributed by atoms with E-state index in [2.05, 4.69) is 10.3 Å². The summed E-state index contributed by atoms with van der Waals surface area (Å²) in [4.78, 5) is 42.0. The summed E-state index contributed by atoms with van der Waals surface area (Å²) in [5.74, 6) is -0.272. The maximum absolute atomic E-state index is 12.5. The minimum atomic E-state index is -0.390. The molecule has 136 valence electrons. The first-order valence-corrected chi connectivity index (χ1v) is 9.26. The van der Waals surface area contributed by atoms with Crippen LogP contribution in [0.2, 0.25) is 0 Å². The molecule has 2 amide bonds. The predicted molar refractivity (Wildman–Crippen MR) is 95.6 cm³/mol. The molecule has 3 rings (SSSR count). The second kappa shape index (κ2) is 7.42.